The van der Waals surface area contributed by atoms with Gasteiger partial charge in [-0.05, 0) is 23.6 Å². The molecule has 120 valence electrons. The van der Waals surface area contributed by atoms with Gasteiger partial charge in [0.15, 0.2) is 0 Å². The van der Waals surface area contributed by atoms with Gasteiger partial charge in [-0.1, -0.05) is 55.5 Å². The Morgan fingerprint density at radius 2 is 1.65 bits per heavy atom. The Morgan fingerprint density at radius 1 is 1.00 bits per heavy atom. The van der Waals surface area contributed by atoms with Crippen molar-refractivity contribution in [1.29, 1.82) is 0 Å². The number of nitrogens with one attached hydrogen (secondary N) is 2. The van der Waals surface area contributed by atoms with E-state index in [1.165, 1.54) is 6.92 Å². The fourth-order valence-electron chi connectivity index (χ4n) is 2.52. The van der Waals surface area contributed by atoms with Gasteiger partial charge in [0.05, 0.1) is 12.5 Å². The molecule has 0 aliphatic heterocycles. The van der Waals surface area contributed by atoms with Gasteiger partial charge in [0.2, 0.25) is 11.8 Å². The van der Waals surface area contributed by atoms with Crippen LogP contribution in [0.1, 0.15) is 37.4 Å². The number of benzene rings is 2. The van der Waals surface area contributed by atoms with E-state index >= 15 is 0 Å². The van der Waals surface area contributed by atoms with Crippen LogP contribution in [-0.2, 0) is 16.0 Å². The van der Waals surface area contributed by atoms with E-state index in [0.717, 1.165) is 23.2 Å². The Bertz CT molecular complexity index is 668. The van der Waals surface area contributed by atoms with Crippen LogP contribution in [0, 0.1) is 0 Å². The number of rotatable bonds is 6. The van der Waals surface area contributed by atoms with E-state index in [4.69, 9.17) is 0 Å². The van der Waals surface area contributed by atoms with Gasteiger partial charge in [-0.2, -0.15) is 0 Å². The smallest absolute Gasteiger partial charge is 0.226 e. The molecule has 2 rings (SSSR count). The largest absolute Gasteiger partial charge is 0.349 e. The van der Waals surface area contributed by atoms with Crippen LogP contribution in [0.15, 0.2) is 54.6 Å². The third kappa shape index (κ3) is 4.95. The van der Waals surface area contributed by atoms with Crippen LogP contribution in [0.2, 0.25) is 0 Å². The molecule has 2 aromatic rings. The Balaban J connectivity index is 2.10. The van der Waals surface area contributed by atoms with Gasteiger partial charge in [0.25, 0.3) is 0 Å². The number of anilines is 1. The molecule has 0 aliphatic carbocycles. The van der Waals surface area contributed by atoms with E-state index in [9.17, 15) is 9.59 Å². The van der Waals surface area contributed by atoms with E-state index < -0.39 is 0 Å². The summed E-state index contributed by atoms with van der Waals surface area (Å²) < 4.78 is 0. The Labute approximate surface area is 136 Å². The summed E-state index contributed by atoms with van der Waals surface area (Å²) in [6.45, 7) is 3.51. The lowest BCUT2D eigenvalue weighted by Crippen LogP contribution is -2.29. The number of amides is 2. The first-order valence-corrected chi connectivity index (χ1v) is 7.80. The van der Waals surface area contributed by atoms with Crippen molar-refractivity contribution in [1.82, 2.24) is 5.32 Å². The Kier molecular flexibility index (Phi) is 5.92. The van der Waals surface area contributed by atoms with Crippen LogP contribution < -0.4 is 10.6 Å². The second-order valence-electron chi connectivity index (χ2n) is 5.43. The topological polar surface area (TPSA) is 58.2 Å². The fourth-order valence-corrected chi connectivity index (χ4v) is 2.52. The Morgan fingerprint density at radius 3 is 2.30 bits per heavy atom. The normalized spacial score (nSPS) is 11.6. The first-order chi connectivity index (χ1) is 11.1. The van der Waals surface area contributed by atoms with Crippen molar-refractivity contribution in [3.63, 3.8) is 0 Å². The molecule has 2 amide bonds. The van der Waals surface area contributed by atoms with Crippen molar-refractivity contribution in [2.45, 2.75) is 32.7 Å². The summed E-state index contributed by atoms with van der Waals surface area (Å²) >= 11 is 0. The van der Waals surface area contributed by atoms with Gasteiger partial charge in [-0.3, -0.25) is 9.59 Å². The third-order valence-electron chi connectivity index (χ3n) is 3.64. The summed E-state index contributed by atoms with van der Waals surface area (Å²) in [7, 11) is 0. The Hall–Kier alpha value is -2.62. The summed E-state index contributed by atoms with van der Waals surface area (Å²) in [5.41, 5.74) is 2.84. The summed E-state index contributed by atoms with van der Waals surface area (Å²) in [4.78, 5) is 23.8. The highest BCUT2D eigenvalue weighted by atomic mass is 16.2. The molecule has 0 fully saturated rings. The number of carbonyl (C=O) groups is 2. The maximum atomic E-state index is 12.4. The highest BCUT2D eigenvalue weighted by molar-refractivity contribution is 5.92. The summed E-state index contributed by atoms with van der Waals surface area (Å²) in [5.74, 6) is -0.269. The third-order valence-corrected chi connectivity index (χ3v) is 3.64. The second-order valence-corrected chi connectivity index (χ2v) is 5.43. The molecule has 0 heterocycles. The molecule has 0 aliphatic rings. The van der Waals surface area contributed by atoms with Gasteiger partial charge in [-0.15, -0.1) is 0 Å². The molecule has 0 saturated heterocycles. The second kappa shape index (κ2) is 8.13. The molecule has 0 spiro atoms. The number of para-hydroxylation sites is 1. The average Bonchev–Trinajstić information content (AvgIpc) is 2.55. The maximum absolute atomic E-state index is 12.4. The number of aryl methyl sites for hydroxylation is 1. The predicted molar refractivity (Wildman–Crippen MR) is 92.1 cm³/mol. The van der Waals surface area contributed by atoms with Crippen molar-refractivity contribution >= 4 is 17.5 Å². The number of carbonyl (C=O) groups excluding carboxylic acids is 2. The molecular formula is C19H22N2O2. The fraction of sp³-hybridized carbons (Fsp3) is 0.263. The molecule has 0 radical (unpaired) electrons. The molecule has 23 heavy (non-hydrogen) atoms. The monoisotopic (exact) mass is 310 g/mol. The standard InChI is InChI=1S/C19H22N2O2/c1-3-15-9-7-8-12-17(15)21-19(23)13-18(20-14(2)22)16-10-5-4-6-11-16/h4-12,18H,3,13H2,1-2H3,(H,20,22)(H,21,23)/t18-/m0/s1. The van der Waals surface area contributed by atoms with Crippen LogP contribution >= 0.6 is 0 Å². The first kappa shape index (κ1) is 16.7. The van der Waals surface area contributed by atoms with E-state index in [2.05, 4.69) is 17.6 Å². The van der Waals surface area contributed by atoms with Crippen LogP contribution in [-0.4, -0.2) is 11.8 Å². The molecular weight excluding hydrogens is 288 g/mol. The first-order valence-electron chi connectivity index (χ1n) is 7.80. The SMILES string of the molecule is CCc1ccccc1NC(=O)C[C@H](NC(C)=O)c1ccccc1. The lowest BCUT2D eigenvalue weighted by molar-refractivity contribution is -0.120. The zero-order valence-electron chi connectivity index (χ0n) is 13.5. The summed E-state index contributed by atoms with van der Waals surface area (Å²) in [5, 5.41) is 5.79. The van der Waals surface area contributed by atoms with E-state index in [0.29, 0.717) is 0 Å². The van der Waals surface area contributed by atoms with Gasteiger partial charge in [-0.25, -0.2) is 0 Å². The van der Waals surface area contributed by atoms with Crippen LogP contribution in [0.5, 0.6) is 0 Å². The zero-order chi connectivity index (χ0) is 16.7. The minimum absolute atomic E-state index is 0.117. The molecule has 1 atom stereocenters. The van der Waals surface area contributed by atoms with Crippen molar-refractivity contribution in [3.8, 4) is 0 Å². The van der Waals surface area contributed by atoms with Crippen molar-refractivity contribution in [2.75, 3.05) is 5.32 Å². The maximum Gasteiger partial charge on any atom is 0.226 e. The van der Waals surface area contributed by atoms with Gasteiger partial charge < -0.3 is 10.6 Å². The molecule has 2 aromatic carbocycles. The molecule has 0 bridgehead atoms. The predicted octanol–water partition coefficient (Wildman–Crippen LogP) is 3.46. The van der Waals surface area contributed by atoms with Crippen molar-refractivity contribution in [3.05, 3.63) is 65.7 Å². The minimum Gasteiger partial charge on any atom is -0.349 e. The molecule has 0 aromatic heterocycles. The minimum atomic E-state index is -0.331. The highest BCUT2D eigenvalue weighted by Crippen LogP contribution is 2.20. The molecule has 0 saturated carbocycles. The average molecular weight is 310 g/mol. The lowest BCUT2D eigenvalue weighted by Gasteiger charge is -2.18. The van der Waals surface area contributed by atoms with Crippen LogP contribution in [0.3, 0.4) is 0 Å². The number of hydrogen-bond donors (Lipinski definition) is 2. The zero-order valence-corrected chi connectivity index (χ0v) is 13.5. The van der Waals surface area contributed by atoms with Gasteiger partial charge >= 0.3 is 0 Å². The molecule has 0 unspecified atom stereocenters. The van der Waals surface area contributed by atoms with Crippen LogP contribution in [0.25, 0.3) is 0 Å². The van der Waals surface area contributed by atoms with E-state index in [1.54, 1.807) is 0 Å². The number of hydrogen-bond acceptors (Lipinski definition) is 2. The lowest BCUT2D eigenvalue weighted by atomic mass is 10.0. The summed E-state index contributed by atoms with van der Waals surface area (Å²) in [6.07, 6.45) is 1.05. The molecule has 4 heteroatoms. The van der Waals surface area contributed by atoms with Gasteiger partial charge in [0, 0.05) is 12.6 Å². The van der Waals surface area contributed by atoms with Gasteiger partial charge in [0.1, 0.15) is 0 Å². The van der Waals surface area contributed by atoms with Crippen LogP contribution in [0.4, 0.5) is 5.69 Å². The molecule has 4 nitrogen and oxygen atoms in total. The molecule has 2 N–H and O–H groups in total. The quantitative estimate of drug-likeness (QED) is 0.858. The summed E-state index contributed by atoms with van der Waals surface area (Å²) in [6, 6.07) is 16.9. The van der Waals surface area contributed by atoms with E-state index in [-0.39, 0.29) is 24.3 Å². The van der Waals surface area contributed by atoms with Crippen molar-refractivity contribution in [2.24, 2.45) is 0 Å². The highest BCUT2D eigenvalue weighted by Gasteiger charge is 2.17. The van der Waals surface area contributed by atoms with E-state index in [1.807, 2.05) is 54.6 Å². The van der Waals surface area contributed by atoms with Crippen molar-refractivity contribution < 1.29 is 9.59 Å².